The monoisotopic (exact) mass is 309 g/mol. The lowest BCUT2D eigenvalue weighted by molar-refractivity contribution is 0.604. The molecular formula is C16H21ClFN3. The molecule has 0 fully saturated rings. The van der Waals surface area contributed by atoms with E-state index < -0.39 is 0 Å². The van der Waals surface area contributed by atoms with Crippen molar-refractivity contribution in [1.29, 1.82) is 0 Å². The summed E-state index contributed by atoms with van der Waals surface area (Å²) in [5, 5.41) is 8.10. The maximum Gasteiger partial charge on any atom is 0.150 e. The number of benzene rings is 1. The van der Waals surface area contributed by atoms with Crippen molar-refractivity contribution in [3.05, 3.63) is 46.5 Å². The lowest BCUT2D eigenvalue weighted by Gasteiger charge is -2.11. The van der Waals surface area contributed by atoms with Gasteiger partial charge in [-0.05, 0) is 31.5 Å². The Hall–Kier alpha value is -1.39. The molecule has 0 aliphatic rings. The van der Waals surface area contributed by atoms with Crippen LogP contribution in [0.4, 0.5) is 4.39 Å². The molecule has 0 aliphatic carbocycles. The molecule has 1 N–H and O–H groups in total. The van der Waals surface area contributed by atoms with Crippen molar-refractivity contribution in [2.75, 3.05) is 6.54 Å². The number of nitrogens with zero attached hydrogens (tertiary/aromatic N) is 2. The quantitative estimate of drug-likeness (QED) is 0.780. The van der Waals surface area contributed by atoms with E-state index in [1.165, 1.54) is 6.07 Å². The number of hydrogen-bond acceptors (Lipinski definition) is 2. The lowest BCUT2D eigenvalue weighted by Crippen LogP contribution is -2.15. The van der Waals surface area contributed by atoms with Gasteiger partial charge >= 0.3 is 0 Å². The van der Waals surface area contributed by atoms with Crippen molar-refractivity contribution in [3.63, 3.8) is 0 Å². The summed E-state index contributed by atoms with van der Waals surface area (Å²) < 4.78 is 15.8. The van der Waals surface area contributed by atoms with Crippen LogP contribution in [-0.4, -0.2) is 16.3 Å². The van der Waals surface area contributed by atoms with Gasteiger partial charge in [0.2, 0.25) is 0 Å². The highest BCUT2D eigenvalue weighted by Crippen LogP contribution is 2.26. The van der Waals surface area contributed by atoms with Crippen LogP contribution in [0.2, 0.25) is 5.02 Å². The molecule has 0 aliphatic heterocycles. The molecule has 0 saturated carbocycles. The van der Waals surface area contributed by atoms with Crippen LogP contribution < -0.4 is 5.32 Å². The number of halogens is 2. The van der Waals surface area contributed by atoms with Crippen molar-refractivity contribution in [3.8, 4) is 5.69 Å². The molecule has 0 atom stereocenters. The fraction of sp³-hybridized carbons (Fsp3) is 0.438. The van der Waals surface area contributed by atoms with Crippen molar-refractivity contribution in [2.24, 2.45) is 0 Å². The maximum absolute atomic E-state index is 14.1. The van der Waals surface area contributed by atoms with E-state index in [4.69, 9.17) is 11.6 Å². The van der Waals surface area contributed by atoms with Crippen molar-refractivity contribution in [1.82, 2.24) is 15.1 Å². The Bertz CT molecular complexity index is 575. The third kappa shape index (κ3) is 3.63. The number of hydrogen-bond donors (Lipinski definition) is 1. The van der Waals surface area contributed by atoms with Crippen LogP contribution in [0.15, 0.2) is 24.4 Å². The highest BCUT2D eigenvalue weighted by molar-refractivity contribution is 6.32. The Kier molecular flexibility index (Phi) is 5.76. The largest absolute Gasteiger partial charge is 0.313 e. The Balaban J connectivity index is 2.39. The zero-order chi connectivity index (χ0) is 15.2. The summed E-state index contributed by atoms with van der Waals surface area (Å²) in [7, 11) is 0. The van der Waals surface area contributed by atoms with Crippen LogP contribution in [-0.2, 0) is 13.0 Å². The minimum absolute atomic E-state index is 0.337. The van der Waals surface area contributed by atoms with E-state index in [9.17, 15) is 4.39 Å². The first-order chi connectivity index (χ1) is 10.2. The van der Waals surface area contributed by atoms with Crippen LogP contribution in [0.5, 0.6) is 0 Å². The van der Waals surface area contributed by atoms with E-state index in [0.29, 0.717) is 10.7 Å². The average molecular weight is 310 g/mol. The molecule has 2 aromatic rings. The smallest absolute Gasteiger partial charge is 0.150 e. The fourth-order valence-corrected chi connectivity index (χ4v) is 2.59. The van der Waals surface area contributed by atoms with Gasteiger partial charge in [-0.3, -0.25) is 0 Å². The van der Waals surface area contributed by atoms with E-state index >= 15 is 0 Å². The van der Waals surface area contributed by atoms with Gasteiger partial charge in [0.1, 0.15) is 11.5 Å². The highest BCUT2D eigenvalue weighted by Gasteiger charge is 2.16. The highest BCUT2D eigenvalue weighted by atomic mass is 35.5. The minimum Gasteiger partial charge on any atom is -0.313 e. The van der Waals surface area contributed by atoms with E-state index in [1.54, 1.807) is 23.0 Å². The van der Waals surface area contributed by atoms with Gasteiger partial charge in [0, 0.05) is 17.8 Å². The van der Waals surface area contributed by atoms with Crippen molar-refractivity contribution < 1.29 is 4.39 Å². The summed E-state index contributed by atoms with van der Waals surface area (Å²) in [6.45, 7) is 5.93. The molecule has 3 nitrogen and oxygen atoms in total. The molecule has 2 rings (SSSR count). The summed E-state index contributed by atoms with van der Waals surface area (Å²) in [6.07, 6.45) is 4.69. The molecule has 0 saturated heterocycles. The molecule has 1 aromatic heterocycles. The molecule has 21 heavy (non-hydrogen) atoms. The van der Waals surface area contributed by atoms with E-state index in [1.807, 2.05) is 0 Å². The summed E-state index contributed by atoms with van der Waals surface area (Å²) in [5.74, 6) is -0.351. The SMILES string of the molecule is CCCNCc1cnn(-c2c(F)cccc2Cl)c1CCC. The predicted octanol–water partition coefficient (Wildman–Crippen LogP) is 4.12. The summed E-state index contributed by atoms with van der Waals surface area (Å²) in [6, 6.07) is 4.70. The Morgan fingerprint density at radius 2 is 2.10 bits per heavy atom. The summed E-state index contributed by atoms with van der Waals surface area (Å²) in [5.41, 5.74) is 2.46. The molecule has 5 heteroatoms. The fourth-order valence-electron chi connectivity index (χ4n) is 2.34. The molecule has 0 radical (unpaired) electrons. The first-order valence-corrected chi connectivity index (χ1v) is 7.77. The standard InChI is InChI=1S/C16H21ClFN3/c1-3-6-15-12(10-19-9-4-2)11-20-21(15)16-13(17)7-5-8-14(16)18/h5,7-8,11,19H,3-4,6,9-10H2,1-2H3. The average Bonchev–Trinajstić information content (AvgIpc) is 2.83. The molecule has 114 valence electrons. The van der Waals surface area contributed by atoms with Gasteiger partial charge < -0.3 is 5.32 Å². The number of aromatic nitrogens is 2. The first-order valence-electron chi connectivity index (χ1n) is 7.39. The number of nitrogens with one attached hydrogen (secondary N) is 1. The summed E-state index contributed by atoms with van der Waals surface area (Å²) in [4.78, 5) is 0. The van der Waals surface area contributed by atoms with Crippen LogP contribution in [0.1, 0.15) is 37.9 Å². The van der Waals surface area contributed by atoms with E-state index in [0.717, 1.165) is 43.6 Å². The van der Waals surface area contributed by atoms with Gasteiger partial charge in [0.25, 0.3) is 0 Å². The second-order valence-corrected chi connectivity index (χ2v) is 5.43. The third-order valence-electron chi connectivity index (χ3n) is 3.33. The number of rotatable bonds is 7. The van der Waals surface area contributed by atoms with E-state index in [-0.39, 0.29) is 5.82 Å². The zero-order valence-electron chi connectivity index (χ0n) is 12.5. The Labute approximate surface area is 130 Å². The van der Waals surface area contributed by atoms with Gasteiger partial charge in [0.15, 0.2) is 0 Å². The summed E-state index contributed by atoms with van der Waals surface area (Å²) >= 11 is 6.16. The lowest BCUT2D eigenvalue weighted by atomic mass is 10.1. The molecule has 1 aromatic carbocycles. The minimum atomic E-state index is -0.351. The van der Waals surface area contributed by atoms with Crippen LogP contribution in [0.3, 0.4) is 0 Å². The predicted molar refractivity (Wildman–Crippen MR) is 84.5 cm³/mol. The number of para-hydroxylation sites is 1. The van der Waals surface area contributed by atoms with Gasteiger partial charge in [-0.25, -0.2) is 9.07 Å². The van der Waals surface area contributed by atoms with E-state index in [2.05, 4.69) is 24.3 Å². The van der Waals surface area contributed by atoms with Gasteiger partial charge in [-0.2, -0.15) is 5.10 Å². The normalized spacial score (nSPS) is 11.0. The molecule has 1 heterocycles. The molecule has 0 bridgehead atoms. The topological polar surface area (TPSA) is 29.9 Å². The van der Waals surface area contributed by atoms with Gasteiger partial charge in [-0.1, -0.05) is 37.9 Å². The second kappa shape index (κ2) is 7.57. The van der Waals surface area contributed by atoms with Crippen LogP contribution >= 0.6 is 11.6 Å². The maximum atomic E-state index is 14.1. The van der Waals surface area contributed by atoms with Gasteiger partial charge in [0.05, 0.1) is 11.2 Å². The molecular weight excluding hydrogens is 289 g/mol. The Morgan fingerprint density at radius 1 is 1.29 bits per heavy atom. The van der Waals surface area contributed by atoms with Crippen molar-refractivity contribution in [2.45, 2.75) is 39.7 Å². The van der Waals surface area contributed by atoms with Crippen LogP contribution in [0.25, 0.3) is 5.69 Å². The third-order valence-corrected chi connectivity index (χ3v) is 3.64. The Morgan fingerprint density at radius 3 is 2.76 bits per heavy atom. The molecule has 0 amide bonds. The second-order valence-electron chi connectivity index (χ2n) is 5.03. The van der Waals surface area contributed by atoms with Crippen LogP contribution in [0, 0.1) is 5.82 Å². The molecule has 0 unspecified atom stereocenters. The first kappa shape index (κ1) is 16.0. The van der Waals surface area contributed by atoms with Crippen molar-refractivity contribution >= 4 is 11.6 Å². The zero-order valence-corrected chi connectivity index (χ0v) is 13.3. The van der Waals surface area contributed by atoms with Gasteiger partial charge in [-0.15, -0.1) is 0 Å². The molecule has 0 spiro atoms.